The van der Waals surface area contributed by atoms with Crippen molar-refractivity contribution >= 4 is 11.6 Å². The maximum absolute atomic E-state index is 11.8. The molecule has 1 aromatic carbocycles. The molecule has 0 saturated carbocycles. The number of hydrogen-bond donors (Lipinski definition) is 2. The van der Waals surface area contributed by atoms with E-state index in [1.165, 1.54) is 0 Å². The van der Waals surface area contributed by atoms with Crippen LogP contribution in [0, 0.1) is 0 Å². The van der Waals surface area contributed by atoms with Crippen LogP contribution in [0.2, 0.25) is 0 Å². The van der Waals surface area contributed by atoms with Gasteiger partial charge in [0.05, 0.1) is 5.60 Å². The van der Waals surface area contributed by atoms with Crippen LogP contribution in [0.15, 0.2) is 18.2 Å². The molecule has 108 valence electrons. The lowest BCUT2D eigenvalue weighted by atomic mass is 10.0. The van der Waals surface area contributed by atoms with Crippen molar-refractivity contribution in [2.75, 3.05) is 38.2 Å². The van der Waals surface area contributed by atoms with Gasteiger partial charge in [-0.15, -0.1) is 0 Å². The molecule has 0 atom stereocenters. The Kier molecular flexibility index (Phi) is 3.50. The molecule has 0 unspecified atom stereocenters. The number of benzene rings is 1. The Balaban J connectivity index is 1.55. The van der Waals surface area contributed by atoms with Crippen molar-refractivity contribution < 1.29 is 19.0 Å². The number of anilines is 1. The highest BCUT2D eigenvalue weighted by atomic mass is 16.6. The van der Waals surface area contributed by atoms with Gasteiger partial charge >= 0.3 is 0 Å². The van der Waals surface area contributed by atoms with Gasteiger partial charge < -0.3 is 24.8 Å². The van der Waals surface area contributed by atoms with Crippen LogP contribution < -0.4 is 20.1 Å². The van der Waals surface area contributed by atoms with E-state index in [0.29, 0.717) is 30.4 Å². The molecule has 1 saturated heterocycles. The lowest BCUT2D eigenvalue weighted by Crippen LogP contribution is -2.59. The highest BCUT2D eigenvalue weighted by Gasteiger charge is 2.33. The van der Waals surface area contributed by atoms with Crippen LogP contribution >= 0.6 is 0 Å². The third-order valence-corrected chi connectivity index (χ3v) is 3.38. The molecule has 0 spiro atoms. The van der Waals surface area contributed by atoms with Gasteiger partial charge in [0.1, 0.15) is 19.8 Å². The second-order valence-corrected chi connectivity index (χ2v) is 5.25. The van der Waals surface area contributed by atoms with Crippen molar-refractivity contribution in [2.45, 2.75) is 12.5 Å². The molecule has 2 N–H and O–H groups in total. The molecule has 3 rings (SSSR count). The van der Waals surface area contributed by atoms with Gasteiger partial charge in [-0.05, 0) is 19.1 Å². The molecule has 0 radical (unpaired) electrons. The summed E-state index contributed by atoms with van der Waals surface area (Å²) in [5, 5.41) is 5.92. The minimum Gasteiger partial charge on any atom is -0.486 e. The summed E-state index contributed by atoms with van der Waals surface area (Å²) in [5.41, 5.74) is 0.462. The SMILES string of the molecule is CC1(OCC(=O)Nc2ccc3c(c2)OCCO3)CNC1. The highest BCUT2D eigenvalue weighted by molar-refractivity contribution is 5.92. The minimum absolute atomic E-state index is 0.0482. The van der Waals surface area contributed by atoms with Gasteiger partial charge in [-0.1, -0.05) is 0 Å². The van der Waals surface area contributed by atoms with Crippen LogP contribution in [-0.2, 0) is 9.53 Å². The van der Waals surface area contributed by atoms with Crippen LogP contribution in [0.25, 0.3) is 0 Å². The Morgan fingerprint density at radius 1 is 1.35 bits per heavy atom. The summed E-state index contributed by atoms with van der Waals surface area (Å²) in [4.78, 5) is 11.8. The Bertz CT molecular complexity index is 514. The molecule has 6 nitrogen and oxygen atoms in total. The predicted molar refractivity (Wildman–Crippen MR) is 73.3 cm³/mol. The standard InChI is InChI=1S/C14H18N2O4/c1-14(8-15-9-14)20-7-13(17)16-10-2-3-11-12(6-10)19-5-4-18-11/h2-3,6,15H,4-5,7-9H2,1H3,(H,16,17). The number of carbonyl (C=O) groups is 1. The predicted octanol–water partition coefficient (Wildman–Crippen LogP) is 0.775. The average molecular weight is 278 g/mol. The molecule has 0 aromatic heterocycles. The monoisotopic (exact) mass is 278 g/mol. The Morgan fingerprint density at radius 3 is 2.80 bits per heavy atom. The second kappa shape index (κ2) is 5.30. The molecule has 2 aliphatic rings. The molecule has 1 aromatic rings. The number of fused-ring (bicyclic) bond motifs is 1. The fraction of sp³-hybridized carbons (Fsp3) is 0.500. The lowest BCUT2D eigenvalue weighted by molar-refractivity contribution is -0.130. The summed E-state index contributed by atoms with van der Waals surface area (Å²) in [6, 6.07) is 5.35. The van der Waals surface area contributed by atoms with Gasteiger partial charge in [-0.2, -0.15) is 0 Å². The van der Waals surface area contributed by atoms with Gasteiger partial charge in [0, 0.05) is 24.8 Å². The maximum atomic E-state index is 11.8. The largest absolute Gasteiger partial charge is 0.486 e. The number of amides is 1. The first-order chi connectivity index (χ1) is 9.65. The van der Waals surface area contributed by atoms with Crippen LogP contribution in [0.3, 0.4) is 0 Å². The maximum Gasteiger partial charge on any atom is 0.250 e. The van der Waals surface area contributed by atoms with E-state index in [-0.39, 0.29) is 18.1 Å². The van der Waals surface area contributed by atoms with Crippen LogP contribution in [0.5, 0.6) is 11.5 Å². The van der Waals surface area contributed by atoms with E-state index in [9.17, 15) is 4.79 Å². The highest BCUT2D eigenvalue weighted by Crippen LogP contribution is 2.32. The zero-order chi connectivity index (χ0) is 14.0. The molecular weight excluding hydrogens is 260 g/mol. The van der Waals surface area contributed by atoms with Crippen LogP contribution in [0.4, 0.5) is 5.69 Å². The summed E-state index contributed by atoms with van der Waals surface area (Å²) < 4.78 is 16.5. The van der Waals surface area contributed by atoms with Gasteiger partial charge in [-0.25, -0.2) is 0 Å². The minimum atomic E-state index is -0.218. The zero-order valence-electron chi connectivity index (χ0n) is 11.4. The third-order valence-electron chi connectivity index (χ3n) is 3.38. The zero-order valence-corrected chi connectivity index (χ0v) is 11.4. The van der Waals surface area contributed by atoms with Crippen LogP contribution in [-0.4, -0.2) is 44.4 Å². The van der Waals surface area contributed by atoms with Crippen molar-refractivity contribution in [2.24, 2.45) is 0 Å². The molecule has 1 amide bonds. The topological polar surface area (TPSA) is 68.8 Å². The molecule has 2 aliphatic heterocycles. The van der Waals surface area contributed by atoms with Crippen molar-refractivity contribution in [1.82, 2.24) is 5.32 Å². The van der Waals surface area contributed by atoms with E-state index in [2.05, 4.69) is 10.6 Å². The molecular formula is C14H18N2O4. The second-order valence-electron chi connectivity index (χ2n) is 5.25. The lowest BCUT2D eigenvalue weighted by Gasteiger charge is -2.38. The summed E-state index contributed by atoms with van der Waals surface area (Å²) in [7, 11) is 0. The molecule has 6 heteroatoms. The number of carbonyl (C=O) groups excluding carboxylic acids is 1. The van der Waals surface area contributed by atoms with E-state index in [1.807, 2.05) is 6.92 Å². The van der Waals surface area contributed by atoms with Crippen molar-refractivity contribution in [3.05, 3.63) is 18.2 Å². The third kappa shape index (κ3) is 2.86. The van der Waals surface area contributed by atoms with Gasteiger partial charge in [0.2, 0.25) is 5.91 Å². The first-order valence-electron chi connectivity index (χ1n) is 6.69. The average Bonchev–Trinajstić information content (AvgIpc) is 2.43. The Morgan fingerprint density at radius 2 is 2.10 bits per heavy atom. The molecule has 0 bridgehead atoms. The number of rotatable bonds is 4. The summed E-state index contributed by atoms with van der Waals surface area (Å²) in [6.07, 6.45) is 0. The van der Waals surface area contributed by atoms with Crippen molar-refractivity contribution in [1.29, 1.82) is 0 Å². The smallest absolute Gasteiger partial charge is 0.250 e. The van der Waals surface area contributed by atoms with E-state index in [4.69, 9.17) is 14.2 Å². The van der Waals surface area contributed by atoms with Gasteiger partial charge in [0.15, 0.2) is 11.5 Å². The Hall–Kier alpha value is -1.79. The molecule has 20 heavy (non-hydrogen) atoms. The van der Waals surface area contributed by atoms with E-state index in [0.717, 1.165) is 13.1 Å². The first kappa shape index (κ1) is 13.2. The fourth-order valence-corrected chi connectivity index (χ4v) is 2.14. The van der Waals surface area contributed by atoms with Crippen molar-refractivity contribution in [3.63, 3.8) is 0 Å². The molecule has 2 heterocycles. The normalized spacial score (nSPS) is 19.1. The first-order valence-corrected chi connectivity index (χ1v) is 6.69. The number of hydrogen-bond acceptors (Lipinski definition) is 5. The summed E-state index contributed by atoms with van der Waals surface area (Å²) >= 11 is 0. The van der Waals surface area contributed by atoms with Crippen molar-refractivity contribution in [3.8, 4) is 11.5 Å². The number of nitrogens with one attached hydrogen (secondary N) is 2. The quantitative estimate of drug-likeness (QED) is 0.851. The molecule has 1 fully saturated rings. The number of ether oxygens (including phenoxy) is 3. The summed E-state index contributed by atoms with van der Waals surface area (Å²) in [6.45, 7) is 4.68. The van der Waals surface area contributed by atoms with Gasteiger partial charge in [0.25, 0.3) is 0 Å². The van der Waals surface area contributed by atoms with E-state index < -0.39 is 0 Å². The van der Waals surface area contributed by atoms with E-state index >= 15 is 0 Å². The summed E-state index contributed by atoms with van der Waals surface area (Å²) in [5.74, 6) is 1.19. The van der Waals surface area contributed by atoms with Gasteiger partial charge in [-0.3, -0.25) is 4.79 Å². The molecule has 0 aliphatic carbocycles. The Labute approximate surface area is 117 Å². The fourth-order valence-electron chi connectivity index (χ4n) is 2.14. The van der Waals surface area contributed by atoms with E-state index in [1.54, 1.807) is 18.2 Å². The van der Waals surface area contributed by atoms with Crippen LogP contribution in [0.1, 0.15) is 6.92 Å².